The Morgan fingerprint density at radius 3 is 2.61 bits per heavy atom. The van der Waals surface area contributed by atoms with Crippen LogP contribution in [0.15, 0.2) is 12.4 Å². The highest BCUT2D eigenvalue weighted by Crippen LogP contribution is 2.32. The van der Waals surface area contributed by atoms with Crippen molar-refractivity contribution in [2.45, 2.75) is 39.5 Å². The van der Waals surface area contributed by atoms with Gasteiger partial charge in [0.1, 0.15) is 5.82 Å². The van der Waals surface area contributed by atoms with Crippen molar-refractivity contribution < 1.29 is 0 Å². The second-order valence-corrected chi connectivity index (χ2v) is 5.38. The molecule has 0 saturated carbocycles. The lowest BCUT2D eigenvalue weighted by molar-refractivity contribution is 0.796. The van der Waals surface area contributed by atoms with E-state index in [2.05, 4.69) is 40.0 Å². The molecule has 0 bridgehead atoms. The largest absolute Gasteiger partial charge is 0.357 e. The molecule has 3 heterocycles. The topological polar surface area (TPSA) is 33.4 Å². The molecule has 0 N–H and O–H groups in total. The molecule has 1 saturated heterocycles. The molecular weight excluding hydrogens is 224 g/mol. The molecule has 0 unspecified atom stereocenters. The van der Waals surface area contributed by atoms with Crippen LogP contribution in [0.5, 0.6) is 0 Å². The molecule has 1 aliphatic heterocycles. The summed E-state index contributed by atoms with van der Waals surface area (Å²) in [6.07, 6.45) is 6.44. The van der Waals surface area contributed by atoms with E-state index in [4.69, 9.17) is 0 Å². The van der Waals surface area contributed by atoms with E-state index in [1.165, 1.54) is 24.2 Å². The Morgan fingerprint density at radius 1 is 1.22 bits per heavy atom. The Kier molecular flexibility index (Phi) is 2.73. The van der Waals surface area contributed by atoms with Crippen LogP contribution in [0.4, 0.5) is 5.82 Å². The number of fused-ring (bicyclic) bond motifs is 1. The van der Waals surface area contributed by atoms with Gasteiger partial charge in [-0.25, -0.2) is 9.97 Å². The van der Waals surface area contributed by atoms with E-state index >= 15 is 0 Å². The molecule has 3 rings (SSSR count). The lowest BCUT2D eigenvalue weighted by Crippen LogP contribution is -2.23. The molecule has 0 radical (unpaired) electrons. The first-order chi connectivity index (χ1) is 8.68. The van der Waals surface area contributed by atoms with Crippen LogP contribution in [0, 0.1) is 6.92 Å². The molecule has 96 valence electrons. The van der Waals surface area contributed by atoms with Gasteiger partial charge in [0, 0.05) is 36.7 Å². The fraction of sp³-hybridized carbons (Fsp3) is 0.571. The molecule has 1 aliphatic rings. The van der Waals surface area contributed by atoms with Crippen LogP contribution in [0.2, 0.25) is 0 Å². The lowest BCUT2D eigenvalue weighted by atomic mass is 10.0. The van der Waals surface area contributed by atoms with E-state index in [0.717, 1.165) is 24.6 Å². The summed E-state index contributed by atoms with van der Waals surface area (Å²) in [7, 11) is 0. The van der Waals surface area contributed by atoms with Crippen molar-refractivity contribution in [3.63, 3.8) is 0 Å². The number of aryl methyl sites for hydroxylation is 1. The van der Waals surface area contributed by atoms with Crippen molar-refractivity contribution in [1.29, 1.82) is 0 Å². The molecule has 2 aromatic rings. The summed E-state index contributed by atoms with van der Waals surface area (Å²) in [5.41, 5.74) is 2.48. The van der Waals surface area contributed by atoms with Crippen LogP contribution in [0.25, 0.3) is 5.78 Å². The van der Waals surface area contributed by atoms with E-state index in [-0.39, 0.29) is 0 Å². The number of hydrogen-bond donors (Lipinski definition) is 0. The Balaban J connectivity index is 2.28. The predicted octanol–water partition coefficient (Wildman–Crippen LogP) is 2.76. The van der Waals surface area contributed by atoms with Gasteiger partial charge in [-0.1, -0.05) is 13.8 Å². The third-order valence-corrected chi connectivity index (χ3v) is 3.73. The van der Waals surface area contributed by atoms with Gasteiger partial charge in [0.25, 0.3) is 0 Å². The minimum atomic E-state index is 0.486. The molecule has 0 aromatic carbocycles. The molecule has 0 amide bonds. The number of aromatic nitrogens is 3. The normalized spacial score (nSPS) is 16.1. The highest BCUT2D eigenvalue weighted by Gasteiger charge is 2.22. The molecule has 2 aromatic heterocycles. The van der Waals surface area contributed by atoms with Gasteiger partial charge in [-0.05, 0) is 25.7 Å². The summed E-state index contributed by atoms with van der Waals surface area (Å²) in [5.74, 6) is 2.61. The smallest absolute Gasteiger partial charge is 0.235 e. The van der Waals surface area contributed by atoms with Crippen molar-refractivity contribution in [1.82, 2.24) is 14.4 Å². The van der Waals surface area contributed by atoms with E-state index in [1.54, 1.807) is 0 Å². The highest BCUT2D eigenvalue weighted by atomic mass is 15.3. The monoisotopic (exact) mass is 244 g/mol. The molecule has 1 fully saturated rings. The van der Waals surface area contributed by atoms with Gasteiger partial charge in [0.05, 0.1) is 0 Å². The van der Waals surface area contributed by atoms with E-state index in [9.17, 15) is 0 Å². The van der Waals surface area contributed by atoms with E-state index in [0.29, 0.717) is 5.92 Å². The number of anilines is 1. The fourth-order valence-corrected chi connectivity index (χ4v) is 2.97. The Morgan fingerprint density at radius 2 is 1.94 bits per heavy atom. The van der Waals surface area contributed by atoms with Gasteiger partial charge in [0.15, 0.2) is 0 Å². The van der Waals surface area contributed by atoms with Crippen LogP contribution in [0.3, 0.4) is 0 Å². The molecular formula is C14H20N4. The average Bonchev–Trinajstić information content (AvgIpc) is 2.96. The summed E-state index contributed by atoms with van der Waals surface area (Å²) < 4.78 is 2.15. The first-order valence-electron chi connectivity index (χ1n) is 6.77. The third kappa shape index (κ3) is 1.67. The third-order valence-electron chi connectivity index (χ3n) is 3.73. The molecule has 4 nitrogen and oxygen atoms in total. The Hall–Kier alpha value is -1.58. The predicted molar refractivity (Wildman–Crippen MR) is 73.3 cm³/mol. The summed E-state index contributed by atoms with van der Waals surface area (Å²) in [4.78, 5) is 11.4. The van der Waals surface area contributed by atoms with Crippen molar-refractivity contribution in [2.24, 2.45) is 0 Å². The zero-order chi connectivity index (χ0) is 12.7. The Bertz CT molecular complexity index is 564. The highest BCUT2D eigenvalue weighted by molar-refractivity contribution is 5.57. The van der Waals surface area contributed by atoms with E-state index in [1.807, 2.05) is 12.4 Å². The first-order valence-corrected chi connectivity index (χ1v) is 6.77. The fourth-order valence-electron chi connectivity index (χ4n) is 2.97. The minimum absolute atomic E-state index is 0.486. The van der Waals surface area contributed by atoms with Gasteiger partial charge in [-0.2, -0.15) is 0 Å². The first kappa shape index (κ1) is 11.5. The molecule has 18 heavy (non-hydrogen) atoms. The number of nitrogens with zero attached hydrogens (tertiary/aromatic N) is 4. The maximum Gasteiger partial charge on any atom is 0.235 e. The molecule has 0 aliphatic carbocycles. The van der Waals surface area contributed by atoms with Crippen LogP contribution in [-0.4, -0.2) is 27.5 Å². The molecule has 4 heteroatoms. The lowest BCUT2D eigenvalue weighted by Gasteiger charge is -2.25. The number of rotatable bonds is 2. The van der Waals surface area contributed by atoms with E-state index < -0.39 is 0 Å². The average molecular weight is 244 g/mol. The van der Waals surface area contributed by atoms with Crippen molar-refractivity contribution in [3.05, 3.63) is 23.7 Å². The summed E-state index contributed by atoms with van der Waals surface area (Å²) >= 11 is 0. The minimum Gasteiger partial charge on any atom is -0.357 e. The summed E-state index contributed by atoms with van der Waals surface area (Å²) in [5, 5.41) is 0. The van der Waals surface area contributed by atoms with Gasteiger partial charge >= 0.3 is 0 Å². The van der Waals surface area contributed by atoms with Gasteiger partial charge < -0.3 is 4.90 Å². The van der Waals surface area contributed by atoms with Crippen LogP contribution in [-0.2, 0) is 0 Å². The zero-order valence-electron chi connectivity index (χ0n) is 11.3. The number of imidazole rings is 1. The second-order valence-electron chi connectivity index (χ2n) is 5.38. The van der Waals surface area contributed by atoms with Crippen LogP contribution < -0.4 is 4.90 Å². The van der Waals surface area contributed by atoms with Crippen LogP contribution in [0.1, 0.15) is 43.9 Å². The van der Waals surface area contributed by atoms with Gasteiger partial charge in [-0.15, -0.1) is 0 Å². The van der Waals surface area contributed by atoms with Gasteiger partial charge in [0.2, 0.25) is 5.78 Å². The summed E-state index contributed by atoms with van der Waals surface area (Å²) in [6, 6.07) is 0. The zero-order valence-corrected chi connectivity index (χ0v) is 11.3. The maximum absolute atomic E-state index is 4.61. The van der Waals surface area contributed by atoms with Crippen molar-refractivity contribution in [2.75, 3.05) is 18.0 Å². The quantitative estimate of drug-likeness (QED) is 0.814. The standard InChI is InChI=1S/C14H20N4/c1-10(2)12-11(3)16-14-15-6-9-18(14)13(12)17-7-4-5-8-17/h6,9-10H,4-5,7-8H2,1-3H3. The number of hydrogen-bond acceptors (Lipinski definition) is 3. The SMILES string of the molecule is Cc1nc2nccn2c(N2CCCC2)c1C(C)C. The summed E-state index contributed by atoms with van der Waals surface area (Å²) in [6.45, 7) is 8.88. The van der Waals surface area contributed by atoms with Gasteiger partial charge in [-0.3, -0.25) is 4.40 Å². The Labute approximate surface area is 108 Å². The maximum atomic E-state index is 4.61. The van der Waals surface area contributed by atoms with Crippen LogP contribution >= 0.6 is 0 Å². The van der Waals surface area contributed by atoms with Crippen molar-refractivity contribution >= 4 is 11.6 Å². The molecule has 0 spiro atoms. The second kappa shape index (κ2) is 4.26. The molecule has 0 atom stereocenters. The van der Waals surface area contributed by atoms with Crippen molar-refractivity contribution in [3.8, 4) is 0 Å².